The molecule has 2 aromatic carbocycles. The van der Waals surface area contributed by atoms with E-state index in [4.69, 9.17) is 16.3 Å². The molecule has 2 aliphatic heterocycles. The molecule has 0 aliphatic carbocycles. The molecule has 0 bridgehead atoms. The molecular formula is C27H30ClN3O4. The van der Waals surface area contributed by atoms with Crippen molar-refractivity contribution in [2.75, 3.05) is 39.8 Å². The van der Waals surface area contributed by atoms with Gasteiger partial charge in [-0.2, -0.15) is 0 Å². The summed E-state index contributed by atoms with van der Waals surface area (Å²) in [5.74, 6) is -0.923. The largest absolute Gasteiger partial charge is 0.468 e. The van der Waals surface area contributed by atoms with Gasteiger partial charge in [-0.05, 0) is 36.5 Å². The Labute approximate surface area is 210 Å². The van der Waals surface area contributed by atoms with Crippen molar-refractivity contribution in [3.8, 4) is 0 Å². The summed E-state index contributed by atoms with van der Waals surface area (Å²) in [7, 11) is 1.25. The number of nitrogens with zero attached hydrogens (tertiary/aromatic N) is 3. The second-order valence-electron chi connectivity index (χ2n) is 8.95. The zero-order valence-electron chi connectivity index (χ0n) is 19.9. The first-order chi connectivity index (χ1) is 16.9. The highest BCUT2D eigenvalue weighted by Gasteiger charge is 2.58. The summed E-state index contributed by atoms with van der Waals surface area (Å²) in [4.78, 5) is 43.7. The molecule has 0 atom stereocenters. The fourth-order valence-corrected chi connectivity index (χ4v) is 5.16. The monoisotopic (exact) mass is 495 g/mol. The number of likely N-dealkylation sites (tertiary alicyclic amines) is 1. The fraction of sp³-hybridized carbons (Fsp3) is 0.370. The highest BCUT2D eigenvalue weighted by atomic mass is 35.5. The zero-order chi connectivity index (χ0) is 24.8. The first kappa shape index (κ1) is 24.9. The van der Waals surface area contributed by atoms with Crippen LogP contribution in [0.2, 0.25) is 0 Å². The Hall–Kier alpha value is -3.16. The van der Waals surface area contributed by atoms with E-state index in [1.54, 1.807) is 4.90 Å². The molecule has 1 spiro atoms. The Morgan fingerprint density at radius 1 is 1.00 bits per heavy atom. The summed E-state index contributed by atoms with van der Waals surface area (Å²) < 4.78 is 4.73. The summed E-state index contributed by atoms with van der Waals surface area (Å²) in [6, 6.07) is 19.3. The van der Waals surface area contributed by atoms with Gasteiger partial charge in [-0.1, -0.05) is 72.3 Å². The lowest BCUT2D eigenvalue weighted by molar-refractivity contribution is -0.146. The highest BCUT2D eigenvalue weighted by Crippen LogP contribution is 2.37. The molecule has 0 aromatic heterocycles. The van der Waals surface area contributed by atoms with Crippen molar-refractivity contribution in [2.24, 2.45) is 0 Å². The topological polar surface area (TPSA) is 70.2 Å². The predicted octanol–water partition coefficient (Wildman–Crippen LogP) is 3.78. The van der Waals surface area contributed by atoms with Gasteiger partial charge in [0.25, 0.3) is 5.91 Å². The van der Waals surface area contributed by atoms with Crippen molar-refractivity contribution in [2.45, 2.75) is 24.8 Å². The van der Waals surface area contributed by atoms with Crippen LogP contribution in [0.1, 0.15) is 24.0 Å². The van der Waals surface area contributed by atoms with Gasteiger partial charge in [0, 0.05) is 31.2 Å². The molecule has 2 fully saturated rings. The van der Waals surface area contributed by atoms with Crippen molar-refractivity contribution in [3.05, 3.63) is 76.8 Å². The Kier molecular flexibility index (Phi) is 7.88. The molecule has 0 unspecified atom stereocenters. The standard InChI is InChI=1S/C27H30ClN3O4/c1-35-24(32)20-30-25(33)27(31(26(30)34)15-12-21-8-4-2-5-9-21)13-16-29(17-14-27)19-23(28)18-22-10-6-3-7-11-22/h2-11,18H,12-17,19-20H2,1H3. The van der Waals surface area contributed by atoms with Crippen LogP contribution in [0.5, 0.6) is 0 Å². The predicted molar refractivity (Wildman–Crippen MR) is 135 cm³/mol. The second kappa shape index (κ2) is 11.1. The third-order valence-electron chi connectivity index (χ3n) is 6.78. The number of hydrogen-bond acceptors (Lipinski definition) is 5. The maximum absolute atomic E-state index is 13.5. The van der Waals surface area contributed by atoms with E-state index >= 15 is 0 Å². The van der Waals surface area contributed by atoms with Gasteiger partial charge in [0.15, 0.2) is 0 Å². The summed E-state index contributed by atoms with van der Waals surface area (Å²) in [6.07, 6.45) is 3.54. The van der Waals surface area contributed by atoms with E-state index < -0.39 is 17.5 Å². The Bertz CT molecular complexity index is 1080. The van der Waals surface area contributed by atoms with Crippen molar-refractivity contribution in [3.63, 3.8) is 0 Å². The van der Waals surface area contributed by atoms with Crippen LogP contribution < -0.4 is 0 Å². The van der Waals surface area contributed by atoms with Crippen LogP contribution in [0, 0.1) is 0 Å². The number of methoxy groups -OCH3 is 1. The second-order valence-corrected chi connectivity index (χ2v) is 9.43. The Morgan fingerprint density at radius 2 is 1.63 bits per heavy atom. The minimum absolute atomic E-state index is 0.313. The third kappa shape index (κ3) is 5.57. The van der Waals surface area contributed by atoms with Crippen molar-refractivity contribution in [1.82, 2.24) is 14.7 Å². The van der Waals surface area contributed by atoms with E-state index in [9.17, 15) is 14.4 Å². The summed E-state index contributed by atoms with van der Waals surface area (Å²) >= 11 is 6.52. The maximum atomic E-state index is 13.5. The van der Waals surface area contributed by atoms with Gasteiger partial charge in [0.1, 0.15) is 12.1 Å². The van der Waals surface area contributed by atoms with Crippen LogP contribution in [-0.4, -0.2) is 78.0 Å². The number of urea groups is 1. The molecule has 7 nitrogen and oxygen atoms in total. The smallest absolute Gasteiger partial charge is 0.328 e. The molecule has 3 amide bonds. The van der Waals surface area contributed by atoms with Crippen LogP contribution in [0.3, 0.4) is 0 Å². The lowest BCUT2D eigenvalue weighted by Gasteiger charge is -2.42. The molecule has 2 aliphatic rings. The Morgan fingerprint density at radius 3 is 2.26 bits per heavy atom. The highest BCUT2D eigenvalue weighted by molar-refractivity contribution is 6.31. The van der Waals surface area contributed by atoms with Crippen molar-refractivity contribution >= 4 is 35.6 Å². The van der Waals surface area contributed by atoms with Gasteiger partial charge in [0.2, 0.25) is 0 Å². The molecule has 2 aromatic rings. The van der Waals surface area contributed by atoms with Gasteiger partial charge in [-0.25, -0.2) is 4.79 Å². The Balaban J connectivity index is 1.48. The van der Waals surface area contributed by atoms with Crippen LogP contribution >= 0.6 is 11.6 Å². The molecule has 184 valence electrons. The summed E-state index contributed by atoms with van der Waals surface area (Å²) in [6.45, 7) is 1.84. The number of imide groups is 1. The number of hydrogen-bond donors (Lipinski definition) is 0. The lowest BCUT2D eigenvalue weighted by atomic mass is 9.85. The van der Waals surface area contributed by atoms with Gasteiger partial charge < -0.3 is 9.64 Å². The summed E-state index contributed by atoms with van der Waals surface area (Å²) in [5, 5.41) is 0.717. The van der Waals surface area contributed by atoms with Crippen LogP contribution in [0.25, 0.3) is 6.08 Å². The van der Waals surface area contributed by atoms with E-state index in [0.29, 0.717) is 50.5 Å². The van der Waals surface area contributed by atoms with Crippen LogP contribution in [0.15, 0.2) is 65.7 Å². The van der Waals surface area contributed by atoms with Gasteiger partial charge in [0.05, 0.1) is 7.11 Å². The molecular weight excluding hydrogens is 466 g/mol. The average Bonchev–Trinajstić information content (AvgIpc) is 3.06. The van der Waals surface area contributed by atoms with Crippen molar-refractivity contribution < 1.29 is 19.1 Å². The SMILES string of the molecule is COC(=O)CN1C(=O)N(CCc2ccccc2)C2(CCN(CC(Cl)=Cc3ccccc3)CC2)C1=O. The first-order valence-electron chi connectivity index (χ1n) is 11.8. The number of benzene rings is 2. The molecule has 0 radical (unpaired) electrons. The average molecular weight is 496 g/mol. The number of piperidine rings is 1. The normalized spacial score (nSPS) is 18.4. The third-order valence-corrected chi connectivity index (χ3v) is 7.01. The molecule has 35 heavy (non-hydrogen) atoms. The number of carbonyl (C=O) groups is 3. The minimum Gasteiger partial charge on any atom is -0.468 e. The fourth-order valence-electron chi connectivity index (χ4n) is 4.86. The molecule has 8 heteroatoms. The van der Waals surface area contributed by atoms with Gasteiger partial charge in [-0.15, -0.1) is 0 Å². The summed E-state index contributed by atoms with van der Waals surface area (Å²) in [5.41, 5.74) is 1.17. The number of esters is 1. The molecule has 2 heterocycles. The quantitative estimate of drug-likeness (QED) is 0.412. The van der Waals surface area contributed by atoms with Crippen molar-refractivity contribution in [1.29, 1.82) is 0 Å². The van der Waals surface area contributed by atoms with Crippen LogP contribution in [0.4, 0.5) is 4.79 Å². The first-order valence-corrected chi connectivity index (χ1v) is 12.2. The molecule has 0 saturated carbocycles. The number of halogens is 1. The molecule has 0 N–H and O–H groups in total. The van der Waals surface area contributed by atoms with E-state index in [0.717, 1.165) is 16.0 Å². The number of ether oxygens (including phenoxy) is 1. The zero-order valence-corrected chi connectivity index (χ0v) is 20.6. The number of carbonyl (C=O) groups excluding carboxylic acids is 3. The molecule has 4 rings (SSSR count). The van der Waals surface area contributed by atoms with Crippen LogP contribution in [-0.2, 0) is 20.7 Å². The maximum Gasteiger partial charge on any atom is 0.328 e. The number of amides is 3. The van der Waals surface area contributed by atoms with E-state index in [2.05, 4.69) is 4.90 Å². The number of rotatable bonds is 8. The van der Waals surface area contributed by atoms with E-state index in [1.165, 1.54) is 7.11 Å². The van der Waals surface area contributed by atoms with E-state index in [1.807, 2.05) is 66.7 Å². The van der Waals surface area contributed by atoms with E-state index in [-0.39, 0.29) is 12.5 Å². The molecule has 2 saturated heterocycles. The van der Waals surface area contributed by atoms with Gasteiger partial charge >= 0.3 is 12.0 Å². The van der Waals surface area contributed by atoms with Gasteiger partial charge in [-0.3, -0.25) is 19.4 Å². The lowest BCUT2D eigenvalue weighted by Crippen LogP contribution is -2.57. The minimum atomic E-state index is -0.952.